The molecule has 0 radical (unpaired) electrons. The van der Waals surface area contributed by atoms with Crippen LogP contribution in [0.5, 0.6) is 0 Å². The highest BCUT2D eigenvalue weighted by Gasteiger charge is 2.58. The Kier molecular flexibility index (Phi) is 3.95. The predicted molar refractivity (Wildman–Crippen MR) is 110 cm³/mol. The highest BCUT2D eigenvalue weighted by Crippen LogP contribution is 2.67. The number of allylic oxidation sites excluding steroid dienone is 3. The van der Waals surface area contributed by atoms with Gasteiger partial charge in [-0.25, -0.2) is 0 Å². The summed E-state index contributed by atoms with van der Waals surface area (Å²) in [7, 11) is 0. The van der Waals surface area contributed by atoms with Gasteiger partial charge in [0.05, 0.1) is 6.10 Å². The minimum atomic E-state index is -0.118. The molecule has 0 amide bonds. The number of hydrogen-bond donors (Lipinski definition) is 1. The van der Waals surface area contributed by atoms with E-state index in [9.17, 15) is 5.11 Å². The molecule has 144 valence electrons. The van der Waals surface area contributed by atoms with Crippen LogP contribution in [0, 0.1) is 34.5 Å². The van der Waals surface area contributed by atoms with Gasteiger partial charge >= 0.3 is 0 Å². The topological polar surface area (TPSA) is 33.1 Å². The summed E-state index contributed by atoms with van der Waals surface area (Å²) in [6.45, 7) is 7.49. The molecule has 4 aliphatic rings. The predicted octanol–water partition coefficient (Wildman–Crippen LogP) is 5.64. The first-order valence-electron chi connectivity index (χ1n) is 10.9. The lowest BCUT2D eigenvalue weighted by atomic mass is 9.45. The minimum Gasteiger partial charge on any atom is -0.393 e. The normalized spacial score (nSPS) is 46.0. The van der Waals surface area contributed by atoms with Gasteiger partial charge in [-0.2, -0.15) is 0 Å². The Labute approximate surface area is 163 Å². The molecule has 2 nitrogen and oxygen atoms in total. The fourth-order valence-corrected chi connectivity index (χ4v) is 7.54. The van der Waals surface area contributed by atoms with E-state index in [0.29, 0.717) is 11.3 Å². The Hall–Kier alpha value is -1.41. The summed E-state index contributed by atoms with van der Waals surface area (Å²) in [5.74, 6) is 2.90. The van der Waals surface area contributed by atoms with Crippen molar-refractivity contribution in [3.05, 3.63) is 47.8 Å². The van der Waals surface area contributed by atoms with Crippen molar-refractivity contribution >= 4 is 5.57 Å². The quantitative estimate of drug-likeness (QED) is 0.655. The first kappa shape index (κ1) is 17.7. The molecule has 1 aromatic heterocycles. The third-order valence-corrected chi connectivity index (χ3v) is 8.96. The van der Waals surface area contributed by atoms with E-state index in [2.05, 4.69) is 56.2 Å². The second-order valence-corrected chi connectivity index (χ2v) is 10.2. The van der Waals surface area contributed by atoms with Gasteiger partial charge < -0.3 is 5.11 Å². The maximum absolute atomic E-state index is 10.2. The second kappa shape index (κ2) is 6.04. The largest absolute Gasteiger partial charge is 0.393 e. The maximum atomic E-state index is 10.2. The van der Waals surface area contributed by atoms with Crippen molar-refractivity contribution in [2.75, 3.05) is 0 Å². The van der Waals surface area contributed by atoms with Gasteiger partial charge in [0.2, 0.25) is 0 Å². The zero-order valence-electron chi connectivity index (χ0n) is 17.0. The third-order valence-electron chi connectivity index (χ3n) is 8.96. The van der Waals surface area contributed by atoms with Crippen LogP contribution in [0.3, 0.4) is 0 Å². The fourth-order valence-electron chi connectivity index (χ4n) is 7.54. The van der Waals surface area contributed by atoms with Crippen LogP contribution in [-0.2, 0) is 0 Å². The molecule has 2 fully saturated rings. The van der Waals surface area contributed by atoms with E-state index in [1.165, 1.54) is 31.2 Å². The summed E-state index contributed by atoms with van der Waals surface area (Å²) in [6, 6.07) is 4.32. The molecule has 5 rings (SSSR count). The number of nitrogens with zero attached hydrogens (tertiary/aromatic N) is 1. The lowest BCUT2D eigenvalue weighted by molar-refractivity contribution is -0.0425. The van der Waals surface area contributed by atoms with Gasteiger partial charge in [0.25, 0.3) is 0 Å². The zero-order chi connectivity index (χ0) is 18.8. The van der Waals surface area contributed by atoms with Crippen molar-refractivity contribution < 1.29 is 5.11 Å². The Bertz CT molecular complexity index is 796. The number of aromatic nitrogens is 1. The molecule has 1 aromatic rings. The molecule has 0 aliphatic heterocycles. The molecule has 0 spiro atoms. The molecule has 7 atom stereocenters. The second-order valence-electron chi connectivity index (χ2n) is 10.2. The Morgan fingerprint density at radius 3 is 2.70 bits per heavy atom. The van der Waals surface area contributed by atoms with Gasteiger partial charge in [-0.1, -0.05) is 44.6 Å². The molecule has 1 heterocycles. The van der Waals surface area contributed by atoms with Crippen molar-refractivity contribution in [1.82, 2.24) is 4.98 Å². The standard InChI is InChI=1S/C25H33NO/c1-16-13-18-14-19(27)8-10-24(18,2)22-9-11-25(3)20(6-7-21(25)23(16)22)17-5-4-12-26-15-17/h4-6,12-13,15-16,19,21-23,27H,7-11,14H2,1-3H3/t16-,19-,21+,22+,23+,24+,25-/m1/s1. The fraction of sp³-hybridized carbons (Fsp3) is 0.640. The molecule has 1 N–H and O–H groups in total. The highest BCUT2D eigenvalue weighted by atomic mass is 16.3. The summed E-state index contributed by atoms with van der Waals surface area (Å²) in [4.78, 5) is 4.39. The summed E-state index contributed by atoms with van der Waals surface area (Å²) < 4.78 is 0. The van der Waals surface area contributed by atoms with Crippen molar-refractivity contribution in [3.63, 3.8) is 0 Å². The molecule has 0 bridgehead atoms. The molecule has 0 unspecified atom stereocenters. The van der Waals surface area contributed by atoms with Crippen molar-refractivity contribution in [3.8, 4) is 0 Å². The summed E-state index contributed by atoms with van der Waals surface area (Å²) in [5.41, 5.74) is 5.04. The smallest absolute Gasteiger partial charge is 0.0577 e. The number of hydrogen-bond acceptors (Lipinski definition) is 2. The summed E-state index contributed by atoms with van der Waals surface area (Å²) >= 11 is 0. The van der Waals surface area contributed by atoms with E-state index in [1.54, 1.807) is 11.1 Å². The Morgan fingerprint density at radius 1 is 1.11 bits per heavy atom. The molecule has 2 heteroatoms. The van der Waals surface area contributed by atoms with Gasteiger partial charge in [-0.3, -0.25) is 4.98 Å². The van der Waals surface area contributed by atoms with Crippen molar-refractivity contribution in [1.29, 1.82) is 0 Å². The lowest BCUT2D eigenvalue weighted by Gasteiger charge is -2.59. The van der Waals surface area contributed by atoms with Crippen LogP contribution in [0.15, 0.2) is 42.3 Å². The number of aliphatic hydroxyl groups is 1. The third kappa shape index (κ3) is 2.45. The van der Waals surface area contributed by atoms with Gasteiger partial charge in [-0.05, 0) is 90.2 Å². The van der Waals surface area contributed by atoms with Crippen molar-refractivity contribution in [2.45, 2.75) is 65.4 Å². The SMILES string of the molecule is C[C@@H]1C=C2C[C@H](O)CC[C@]2(C)[C@H]2CC[C@]3(C)C(c4cccnc4)=CC[C@H]3[C@H]12. The molecule has 2 saturated carbocycles. The highest BCUT2D eigenvalue weighted by molar-refractivity contribution is 5.72. The number of pyridine rings is 1. The first-order valence-corrected chi connectivity index (χ1v) is 10.9. The summed E-state index contributed by atoms with van der Waals surface area (Å²) in [5, 5.41) is 10.2. The van der Waals surface area contributed by atoms with Gasteiger partial charge in [0.15, 0.2) is 0 Å². The van der Waals surface area contributed by atoms with Gasteiger partial charge in [-0.15, -0.1) is 0 Å². The monoisotopic (exact) mass is 363 g/mol. The molecular weight excluding hydrogens is 330 g/mol. The number of aliphatic hydroxyl groups excluding tert-OH is 1. The molecule has 27 heavy (non-hydrogen) atoms. The van der Waals surface area contributed by atoms with E-state index in [0.717, 1.165) is 30.6 Å². The lowest BCUT2D eigenvalue weighted by Crippen LogP contribution is -2.52. The van der Waals surface area contributed by atoms with Gasteiger partial charge in [0.1, 0.15) is 0 Å². The van der Waals surface area contributed by atoms with Crippen LogP contribution in [0.25, 0.3) is 5.57 Å². The zero-order valence-corrected chi connectivity index (χ0v) is 17.0. The minimum absolute atomic E-state index is 0.118. The van der Waals surface area contributed by atoms with Crippen LogP contribution < -0.4 is 0 Å². The van der Waals surface area contributed by atoms with Crippen LogP contribution in [0.4, 0.5) is 0 Å². The van der Waals surface area contributed by atoms with E-state index in [1.807, 2.05) is 6.20 Å². The average molecular weight is 364 g/mol. The number of rotatable bonds is 1. The molecule has 4 aliphatic carbocycles. The molecule has 0 aromatic carbocycles. The van der Waals surface area contributed by atoms with Crippen LogP contribution in [0.2, 0.25) is 0 Å². The van der Waals surface area contributed by atoms with Crippen LogP contribution in [-0.4, -0.2) is 16.2 Å². The van der Waals surface area contributed by atoms with Crippen LogP contribution in [0.1, 0.15) is 64.9 Å². The average Bonchev–Trinajstić information content (AvgIpc) is 3.01. The van der Waals surface area contributed by atoms with E-state index < -0.39 is 0 Å². The van der Waals surface area contributed by atoms with Crippen LogP contribution >= 0.6 is 0 Å². The Balaban J connectivity index is 1.52. The van der Waals surface area contributed by atoms with E-state index in [4.69, 9.17) is 0 Å². The maximum Gasteiger partial charge on any atom is 0.0577 e. The number of fused-ring (bicyclic) bond motifs is 5. The Morgan fingerprint density at radius 2 is 1.93 bits per heavy atom. The first-order chi connectivity index (χ1) is 12.9. The van der Waals surface area contributed by atoms with Crippen molar-refractivity contribution in [2.24, 2.45) is 34.5 Å². The van der Waals surface area contributed by atoms with E-state index >= 15 is 0 Å². The summed E-state index contributed by atoms with van der Waals surface area (Å²) in [6.07, 6.45) is 15.8. The molecule has 0 saturated heterocycles. The molecular formula is C25H33NO. The van der Waals surface area contributed by atoms with Gasteiger partial charge in [0, 0.05) is 12.4 Å². The van der Waals surface area contributed by atoms with E-state index in [-0.39, 0.29) is 11.5 Å².